The Hall–Kier alpha value is -1.65. The standard InChI is InChI=1S/C18H26O5/c1-6-22-15(21)18-9-7-8-17(5,14(18)20)10-12(11-18)13(19)23-16(2,3)4/h7,9,12H,6,8,10-11H2,1-5H3. The molecule has 1 saturated carbocycles. The molecule has 0 N–H and O–H groups in total. The second-order valence-corrected chi connectivity index (χ2v) is 7.83. The first-order chi connectivity index (χ1) is 10.5. The zero-order chi connectivity index (χ0) is 17.5. The minimum Gasteiger partial charge on any atom is -0.465 e. The summed E-state index contributed by atoms with van der Waals surface area (Å²) < 4.78 is 10.6. The average molecular weight is 322 g/mol. The molecule has 5 nitrogen and oxygen atoms in total. The molecule has 0 amide bonds. The van der Waals surface area contributed by atoms with Crippen LogP contribution in [-0.2, 0) is 23.9 Å². The topological polar surface area (TPSA) is 69.7 Å². The van der Waals surface area contributed by atoms with Crippen LogP contribution in [0.4, 0.5) is 0 Å². The Morgan fingerprint density at radius 2 is 1.96 bits per heavy atom. The number of hydrogen-bond acceptors (Lipinski definition) is 5. The smallest absolute Gasteiger partial charge is 0.323 e. The van der Waals surface area contributed by atoms with Crippen LogP contribution in [0, 0.1) is 16.7 Å². The maximum absolute atomic E-state index is 12.9. The molecule has 2 aliphatic rings. The van der Waals surface area contributed by atoms with Crippen molar-refractivity contribution in [3.63, 3.8) is 0 Å². The maximum Gasteiger partial charge on any atom is 0.323 e. The summed E-state index contributed by atoms with van der Waals surface area (Å²) in [6, 6.07) is 0. The van der Waals surface area contributed by atoms with E-state index in [4.69, 9.17) is 9.47 Å². The largest absolute Gasteiger partial charge is 0.465 e. The molecule has 0 saturated heterocycles. The van der Waals surface area contributed by atoms with Crippen LogP contribution in [0.1, 0.15) is 53.9 Å². The molecule has 1 fully saturated rings. The lowest BCUT2D eigenvalue weighted by Gasteiger charge is -2.47. The van der Waals surface area contributed by atoms with E-state index in [1.54, 1.807) is 13.0 Å². The quantitative estimate of drug-likeness (QED) is 0.454. The second-order valence-electron chi connectivity index (χ2n) is 7.83. The van der Waals surface area contributed by atoms with Crippen molar-refractivity contribution < 1.29 is 23.9 Å². The molecule has 0 spiro atoms. The molecule has 0 aromatic carbocycles. The van der Waals surface area contributed by atoms with Crippen molar-refractivity contribution in [2.45, 2.75) is 59.5 Å². The van der Waals surface area contributed by atoms with E-state index in [1.807, 2.05) is 33.8 Å². The number of ketones is 1. The van der Waals surface area contributed by atoms with Crippen molar-refractivity contribution >= 4 is 17.7 Å². The number of carbonyl (C=O) groups excluding carboxylic acids is 3. The van der Waals surface area contributed by atoms with Crippen molar-refractivity contribution in [1.82, 2.24) is 0 Å². The molecular formula is C18H26O5. The van der Waals surface area contributed by atoms with Crippen LogP contribution in [0.5, 0.6) is 0 Å². The van der Waals surface area contributed by atoms with Crippen LogP contribution in [0.25, 0.3) is 0 Å². The summed E-state index contributed by atoms with van der Waals surface area (Å²) in [5.74, 6) is -1.52. The molecule has 0 aliphatic heterocycles. The van der Waals surface area contributed by atoms with Gasteiger partial charge in [-0.2, -0.15) is 0 Å². The van der Waals surface area contributed by atoms with Crippen molar-refractivity contribution in [3.8, 4) is 0 Å². The zero-order valence-electron chi connectivity index (χ0n) is 14.6. The van der Waals surface area contributed by atoms with Crippen molar-refractivity contribution in [3.05, 3.63) is 12.2 Å². The van der Waals surface area contributed by atoms with Crippen molar-refractivity contribution in [2.75, 3.05) is 6.61 Å². The van der Waals surface area contributed by atoms with Gasteiger partial charge in [0.2, 0.25) is 0 Å². The van der Waals surface area contributed by atoms with E-state index in [-0.39, 0.29) is 24.8 Å². The van der Waals surface area contributed by atoms with Crippen molar-refractivity contribution in [2.24, 2.45) is 16.7 Å². The van der Waals surface area contributed by atoms with E-state index in [1.165, 1.54) is 0 Å². The van der Waals surface area contributed by atoms with Crippen LogP contribution in [0.2, 0.25) is 0 Å². The number of allylic oxidation sites excluding steroid dienone is 1. The number of hydrogen-bond donors (Lipinski definition) is 0. The lowest BCUT2D eigenvalue weighted by Crippen LogP contribution is -2.55. The molecular weight excluding hydrogens is 296 g/mol. The first-order valence-electron chi connectivity index (χ1n) is 8.17. The van der Waals surface area contributed by atoms with E-state index in [2.05, 4.69) is 0 Å². The Morgan fingerprint density at radius 3 is 2.52 bits per heavy atom. The molecule has 2 aliphatic carbocycles. The fourth-order valence-corrected chi connectivity index (χ4v) is 3.62. The van der Waals surface area contributed by atoms with Gasteiger partial charge in [-0.3, -0.25) is 14.4 Å². The lowest BCUT2D eigenvalue weighted by molar-refractivity contribution is -0.173. The molecule has 0 aromatic rings. The maximum atomic E-state index is 12.9. The third-order valence-corrected chi connectivity index (χ3v) is 4.57. The molecule has 0 aromatic heterocycles. The van der Waals surface area contributed by atoms with Crippen LogP contribution in [0.15, 0.2) is 12.2 Å². The van der Waals surface area contributed by atoms with Gasteiger partial charge in [0.15, 0.2) is 5.78 Å². The van der Waals surface area contributed by atoms with Crippen LogP contribution >= 0.6 is 0 Å². The summed E-state index contributed by atoms with van der Waals surface area (Å²) in [5.41, 5.74) is -2.66. The summed E-state index contributed by atoms with van der Waals surface area (Å²) >= 11 is 0. The van der Waals surface area contributed by atoms with Gasteiger partial charge < -0.3 is 9.47 Å². The van der Waals surface area contributed by atoms with E-state index in [0.29, 0.717) is 12.8 Å². The number of rotatable bonds is 3. The number of fused-ring (bicyclic) bond motifs is 2. The molecule has 0 heterocycles. The Bertz CT molecular complexity index is 556. The highest BCUT2D eigenvalue weighted by Gasteiger charge is 2.60. The second kappa shape index (κ2) is 5.77. The lowest BCUT2D eigenvalue weighted by atomic mass is 9.54. The third kappa shape index (κ3) is 3.19. The molecule has 3 atom stereocenters. The van der Waals surface area contributed by atoms with Crippen LogP contribution < -0.4 is 0 Å². The Labute approximate surface area is 137 Å². The number of Topliss-reactive ketones (excluding diaryl/α,β-unsaturated/α-hetero) is 1. The molecule has 5 heteroatoms. The Balaban J connectivity index is 2.35. The highest BCUT2D eigenvalue weighted by Crippen LogP contribution is 2.52. The number of esters is 2. The third-order valence-electron chi connectivity index (χ3n) is 4.57. The summed E-state index contributed by atoms with van der Waals surface area (Å²) in [4.78, 5) is 37.9. The monoisotopic (exact) mass is 322 g/mol. The summed E-state index contributed by atoms with van der Waals surface area (Å²) in [6.45, 7) is 9.16. The molecule has 2 rings (SSSR count). The predicted octanol–water partition coefficient (Wildman–Crippen LogP) is 2.82. The fraction of sp³-hybridized carbons (Fsp3) is 0.722. The number of carbonyl (C=O) groups is 3. The highest BCUT2D eigenvalue weighted by molar-refractivity contribution is 6.10. The van der Waals surface area contributed by atoms with Gasteiger partial charge in [-0.25, -0.2) is 0 Å². The zero-order valence-corrected chi connectivity index (χ0v) is 14.6. The van der Waals surface area contributed by atoms with Gasteiger partial charge in [-0.05, 0) is 47.0 Å². The SMILES string of the molecule is CCOC(=O)C12C=CCC(C)(CC(C(=O)OC(C)(C)C)C1)C2=O. The normalized spacial score (nSPS) is 33.3. The first-order valence-corrected chi connectivity index (χ1v) is 8.17. The minimum atomic E-state index is -1.34. The van der Waals surface area contributed by atoms with Gasteiger partial charge in [-0.15, -0.1) is 0 Å². The van der Waals surface area contributed by atoms with E-state index >= 15 is 0 Å². The number of ether oxygens (including phenoxy) is 2. The van der Waals surface area contributed by atoms with Gasteiger partial charge in [0, 0.05) is 5.41 Å². The summed E-state index contributed by atoms with van der Waals surface area (Å²) in [5, 5.41) is 0. The van der Waals surface area contributed by atoms with Gasteiger partial charge >= 0.3 is 11.9 Å². The highest BCUT2D eigenvalue weighted by atomic mass is 16.6. The Kier molecular flexibility index (Phi) is 4.44. The van der Waals surface area contributed by atoms with Crippen LogP contribution in [0.3, 0.4) is 0 Å². The summed E-state index contributed by atoms with van der Waals surface area (Å²) in [6.07, 6.45) is 4.57. The van der Waals surface area contributed by atoms with E-state index < -0.39 is 28.3 Å². The van der Waals surface area contributed by atoms with Gasteiger partial charge in [-0.1, -0.05) is 19.1 Å². The first kappa shape index (κ1) is 17.7. The average Bonchev–Trinajstić information content (AvgIpc) is 2.39. The van der Waals surface area contributed by atoms with E-state index in [9.17, 15) is 14.4 Å². The molecule has 0 radical (unpaired) electrons. The minimum absolute atomic E-state index is 0.131. The van der Waals surface area contributed by atoms with E-state index in [0.717, 1.165) is 0 Å². The van der Waals surface area contributed by atoms with Crippen LogP contribution in [-0.4, -0.2) is 29.9 Å². The predicted molar refractivity (Wildman–Crippen MR) is 84.5 cm³/mol. The Morgan fingerprint density at radius 1 is 1.30 bits per heavy atom. The molecule has 128 valence electrons. The van der Waals surface area contributed by atoms with Gasteiger partial charge in [0.05, 0.1) is 12.5 Å². The molecule has 23 heavy (non-hydrogen) atoms. The van der Waals surface area contributed by atoms with Gasteiger partial charge in [0.1, 0.15) is 11.0 Å². The van der Waals surface area contributed by atoms with Crippen molar-refractivity contribution in [1.29, 1.82) is 0 Å². The molecule has 2 bridgehead atoms. The molecule has 3 unspecified atom stereocenters. The summed E-state index contributed by atoms with van der Waals surface area (Å²) in [7, 11) is 0. The van der Waals surface area contributed by atoms with Gasteiger partial charge in [0.25, 0.3) is 0 Å². The fourth-order valence-electron chi connectivity index (χ4n) is 3.62.